The summed E-state index contributed by atoms with van der Waals surface area (Å²) in [5, 5.41) is 6.39. The molecule has 2 aromatic rings. The van der Waals surface area contributed by atoms with E-state index < -0.39 is 0 Å². The monoisotopic (exact) mass is 361 g/mol. The molecule has 23 heavy (non-hydrogen) atoms. The topological polar surface area (TPSA) is 36.8 Å². The van der Waals surface area contributed by atoms with Crippen molar-refractivity contribution in [3.05, 3.63) is 74.6 Å². The first-order chi connectivity index (χ1) is 11.1. The van der Waals surface area contributed by atoms with Crippen LogP contribution in [0.1, 0.15) is 18.1 Å². The predicted molar refractivity (Wildman–Crippen MR) is 101 cm³/mol. The zero-order valence-corrected chi connectivity index (χ0v) is 14.6. The number of hydrogen-bond donors (Lipinski definition) is 1. The number of hydrazone groups is 1. The summed E-state index contributed by atoms with van der Waals surface area (Å²) in [6, 6.07) is 15.1. The van der Waals surface area contributed by atoms with Gasteiger partial charge in [-0.2, -0.15) is 0 Å². The van der Waals surface area contributed by atoms with Gasteiger partial charge >= 0.3 is 0 Å². The van der Waals surface area contributed by atoms with E-state index in [1.807, 2.05) is 55.5 Å². The van der Waals surface area contributed by atoms with E-state index in [1.54, 1.807) is 6.21 Å². The largest absolute Gasteiger partial charge is 0.274 e. The summed E-state index contributed by atoms with van der Waals surface area (Å²) in [7, 11) is 0. The Hall–Kier alpha value is -1.75. The van der Waals surface area contributed by atoms with Crippen molar-refractivity contribution < 1.29 is 0 Å². The number of thioether (sulfide) groups is 1. The Kier molecular flexibility index (Phi) is 5.06. The second-order valence-electron chi connectivity index (χ2n) is 4.86. The highest BCUT2D eigenvalue weighted by molar-refractivity contribution is 8.17. The lowest BCUT2D eigenvalue weighted by Crippen LogP contribution is -2.13. The van der Waals surface area contributed by atoms with Gasteiger partial charge in [0.2, 0.25) is 5.17 Å². The van der Waals surface area contributed by atoms with Gasteiger partial charge in [0.05, 0.1) is 5.70 Å². The zero-order valence-electron chi connectivity index (χ0n) is 12.3. The number of aliphatic imine (C=N–C) groups is 1. The van der Waals surface area contributed by atoms with Crippen LogP contribution in [0.3, 0.4) is 0 Å². The number of benzene rings is 2. The minimum atomic E-state index is 0.662. The molecule has 1 heterocycles. The molecule has 0 saturated carbocycles. The lowest BCUT2D eigenvalue weighted by atomic mass is 10.1. The third-order valence-electron chi connectivity index (χ3n) is 3.19. The smallest absolute Gasteiger partial charge is 0.211 e. The fraction of sp³-hybridized carbons (Fsp3) is 0.0588. The number of nitrogens with zero attached hydrogens (tertiary/aromatic N) is 2. The standard InChI is InChI=1S/C17H13Cl2N3S/c1-11-16(13-4-8-15(19)9-5-13)21-22-17(23-11)20-10-12-2-6-14(18)7-3-12/h2-10,21H,1H3/b20-10+. The van der Waals surface area contributed by atoms with Gasteiger partial charge in [0.1, 0.15) is 0 Å². The van der Waals surface area contributed by atoms with Crippen molar-refractivity contribution in [3.8, 4) is 0 Å². The highest BCUT2D eigenvalue weighted by Crippen LogP contribution is 2.30. The van der Waals surface area contributed by atoms with E-state index in [1.165, 1.54) is 11.8 Å². The Bertz CT molecular complexity index is 794. The van der Waals surface area contributed by atoms with E-state index >= 15 is 0 Å². The normalized spacial score (nSPS) is 14.8. The molecule has 0 fully saturated rings. The van der Waals surface area contributed by atoms with E-state index in [0.717, 1.165) is 21.7 Å². The lowest BCUT2D eigenvalue weighted by molar-refractivity contribution is 0.984. The van der Waals surface area contributed by atoms with Crippen LogP contribution in [0.15, 0.2) is 63.5 Å². The SMILES string of the molecule is CC1=C(c2ccc(Cl)cc2)NN=C(/N=C/c2ccc(Cl)cc2)S1. The molecule has 1 aliphatic heterocycles. The maximum atomic E-state index is 5.92. The predicted octanol–water partition coefficient (Wildman–Crippen LogP) is 5.41. The molecule has 0 unspecified atom stereocenters. The van der Waals surface area contributed by atoms with Gasteiger partial charge in [0, 0.05) is 26.7 Å². The van der Waals surface area contributed by atoms with Crippen LogP contribution in [-0.2, 0) is 0 Å². The number of halogens is 2. The van der Waals surface area contributed by atoms with E-state index in [0.29, 0.717) is 15.2 Å². The first kappa shape index (κ1) is 16.1. The molecule has 116 valence electrons. The van der Waals surface area contributed by atoms with Crippen LogP contribution in [0.2, 0.25) is 10.0 Å². The lowest BCUT2D eigenvalue weighted by Gasteiger charge is -2.16. The molecule has 0 radical (unpaired) electrons. The number of allylic oxidation sites excluding steroid dienone is 1. The number of amidine groups is 1. The first-order valence-corrected chi connectivity index (χ1v) is 8.47. The van der Waals surface area contributed by atoms with Gasteiger partial charge in [-0.1, -0.05) is 59.2 Å². The summed E-state index contributed by atoms with van der Waals surface area (Å²) in [4.78, 5) is 5.51. The molecular weight excluding hydrogens is 349 g/mol. The Balaban J connectivity index is 1.72. The second kappa shape index (κ2) is 7.21. The molecule has 0 saturated heterocycles. The second-order valence-corrected chi connectivity index (χ2v) is 6.91. The van der Waals surface area contributed by atoms with Gasteiger partial charge in [0.15, 0.2) is 0 Å². The molecule has 2 aromatic carbocycles. The third-order valence-corrected chi connectivity index (χ3v) is 4.58. The number of rotatable bonds is 2. The van der Waals surface area contributed by atoms with Gasteiger partial charge in [-0.25, -0.2) is 4.99 Å². The highest BCUT2D eigenvalue weighted by Gasteiger charge is 2.14. The highest BCUT2D eigenvalue weighted by atomic mass is 35.5. The van der Waals surface area contributed by atoms with E-state index in [4.69, 9.17) is 23.2 Å². The summed E-state index contributed by atoms with van der Waals surface area (Å²) in [5.74, 6) is 0. The van der Waals surface area contributed by atoms with E-state index in [2.05, 4.69) is 15.5 Å². The third kappa shape index (κ3) is 4.16. The van der Waals surface area contributed by atoms with Gasteiger partial charge in [-0.3, -0.25) is 5.43 Å². The molecule has 1 N–H and O–H groups in total. The molecule has 0 amide bonds. The summed E-state index contributed by atoms with van der Waals surface area (Å²) in [5.41, 5.74) is 6.06. The average molecular weight is 362 g/mol. The first-order valence-electron chi connectivity index (χ1n) is 6.90. The Morgan fingerprint density at radius 1 is 1.00 bits per heavy atom. The fourth-order valence-corrected chi connectivity index (χ4v) is 3.00. The van der Waals surface area contributed by atoms with Crippen LogP contribution in [0, 0.1) is 0 Å². The van der Waals surface area contributed by atoms with Crippen molar-refractivity contribution in [2.24, 2.45) is 10.1 Å². The van der Waals surface area contributed by atoms with Crippen molar-refractivity contribution in [2.75, 3.05) is 0 Å². The van der Waals surface area contributed by atoms with Crippen LogP contribution in [0.25, 0.3) is 5.70 Å². The molecule has 0 aliphatic carbocycles. The van der Waals surface area contributed by atoms with Crippen molar-refractivity contribution >= 4 is 52.0 Å². The van der Waals surface area contributed by atoms with Crippen LogP contribution in [0.4, 0.5) is 0 Å². The van der Waals surface area contributed by atoms with Gasteiger partial charge < -0.3 is 0 Å². The van der Waals surface area contributed by atoms with E-state index in [-0.39, 0.29) is 0 Å². The molecule has 0 bridgehead atoms. The molecule has 0 atom stereocenters. The number of nitrogens with one attached hydrogen (secondary N) is 1. The van der Waals surface area contributed by atoms with Gasteiger partial charge in [-0.05, 0) is 36.8 Å². The average Bonchev–Trinajstić information content (AvgIpc) is 2.55. The molecule has 0 spiro atoms. The molecular formula is C17H13Cl2N3S. The molecule has 1 aliphatic rings. The van der Waals surface area contributed by atoms with Crippen molar-refractivity contribution in [1.82, 2.24) is 5.43 Å². The minimum Gasteiger partial charge on any atom is -0.274 e. The maximum Gasteiger partial charge on any atom is 0.211 e. The molecule has 0 aromatic heterocycles. The molecule has 6 heteroatoms. The molecule has 3 nitrogen and oxygen atoms in total. The van der Waals surface area contributed by atoms with Crippen molar-refractivity contribution in [3.63, 3.8) is 0 Å². The number of hydrogen-bond acceptors (Lipinski definition) is 4. The zero-order chi connectivity index (χ0) is 16.2. The van der Waals surface area contributed by atoms with Crippen LogP contribution in [-0.4, -0.2) is 11.4 Å². The fourth-order valence-electron chi connectivity index (χ4n) is 2.01. The Labute approximate surface area is 149 Å². The van der Waals surface area contributed by atoms with E-state index in [9.17, 15) is 0 Å². The van der Waals surface area contributed by atoms with Crippen molar-refractivity contribution in [2.45, 2.75) is 6.92 Å². The van der Waals surface area contributed by atoms with Crippen LogP contribution >= 0.6 is 35.0 Å². The van der Waals surface area contributed by atoms with Crippen molar-refractivity contribution in [1.29, 1.82) is 0 Å². The minimum absolute atomic E-state index is 0.662. The van der Waals surface area contributed by atoms with Crippen LogP contribution < -0.4 is 5.43 Å². The Morgan fingerprint density at radius 3 is 2.22 bits per heavy atom. The molecule has 3 rings (SSSR count). The summed E-state index contributed by atoms with van der Waals surface area (Å²) < 4.78 is 0. The van der Waals surface area contributed by atoms with Gasteiger partial charge in [-0.15, -0.1) is 5.10 Å². The van der Waals surface area contributed by atoms with Crippen LogP contribution in [0.5, 0.6) is 0 Å². The Morgan fingerprint density at radius 2 is 1.61 bits per heavy atom. The maximum absolute atomic E-state index is 5.92. The quantitative estimate of drug-likeness (QED) is 0.726. The summed E-state index contributed by atoms with van der Waals surface area (Å²) in [6.07, 6.45) is 1.77. The summed E-state index contributed by atoms with van der Waals surface area (Å²) in [6.45, 7) is 2.04. The summed E-state index contributed by atoms with van der Waals surface area (Å²) >= 11 is 13.3. The van der Waals surface area contributed by atoms with Gasteiger partial charge in [0.25, 0.3) is 0 Å².